The summed E-state index contributed by atoms with van der Waals surface area (Å²) < 4.78 is 6.25. The van der Waals surface area contributed by atoms with Crippen LogP contribution in [0.3, 0.4) is 0 Å². The fourth-order valence-electron chi connectivity index (χ4n) is 1.40. The monoisotopic (exact) mass is 256 g/mol. The minimum atomic E-state index is -0.553. The van der Waals surface area contributed by atoms with E-state index in [1.54, 1.807) is 14.0 Å². The van der Waals surface area contributed by atoms with Gasteiger partial charge in [-0.2, -0.15) is 4.68 Å². The average molecular weight is 256 g/mol. The van der Waals surface area contributed by atoms with Gasteiger partial charge in [-0.1, -0.05) is 0 Å². The molecule has 1 rings (SSSR count). The van der Waals surface area contributed by atoms with Crippen LogP contribution in [0, 0.1) is 17.0 Å². The third-order valence-electron chi connectivity index (χ3n) is 2.33. The van der Waals surface area contributed by atoms with Crippen molar-refractivity contribution in [3.05, 3.63) is 21.9 Å². The number of aromatic nitrogens is 2. The van der Waals surface area contributed by atoms with Crippen molar-refractivity contribution in [1.82, 2.24) is 15.1 Å². The first-order valence-electron chi connectivity index (χ1n) is 5.49. The molecular formula is C10H16N4O4. The highest BCUT2D eigenvalue weighted by Gasteiger charge is 2.15. The number of nitrogens with zero attached hydrogens (tertiary/aromatic N) is 3. The van der Waals surface area contributed by atoms with E-state index < -0.39 is 4.92 Å². The Balaban J connectivity index is 2.43. The quantitative estimate of drug-likeness (QED) is 0.428. The van der Waals surface area contributed by atoms with Crippen molar-refractivity contribution in [3.8, 4) is 0 Å². The van der Waals surface area contributed by atoms with Gasteiger partial charge in [0.05, 0.1) is 30.0 Å². The van der Waals surface area contributed by atoms with Crippen LogP contribution in [0.15, 0.2) is 6.07 Å². The molecular weight excluding hydrogens is 240 g/mol. The number of ether oxygens (including phenoxy) is 1. The van der Waals surface area contributed by atoms with Crippen LogP contribution in [0.2, 0.25) is 0 Å². The molecule has 0 aliphatic heterocycles. The van der Waals surface area contributed by atoms with E-state index in [0.29, 0.717) is 25.4 Å². The first-order chi connectivity index (χ1) is 8.54. The van der Waals surface area contributed by atoms with Gasteiger partial charge in [0.2, 0.25) is 5.91 Å². The molecule has 1 amide bonds. The number of hydrogen-bond acceptors (Lipinski definition) is 5. The molecule has 1 N–H and O–H groups in total. The molecule has 0 radical (unpaired) electrons. The summed E-state index contributed by atoms with van der Waals surface area (Å²) in [4.78, 5) is 21.4. The highest BCUT2D eigenvalue weighted by atomic mass is 16.6. The first kappa shape index (κ1) is 14.1. The fraction of sp³-hybridized carbons (Fsp3) is 0.600. The third-order valence-corrected chi connectivity index (χ3v) is 2.33. The van der Waals surface area contributed by atoms with Gasteiger partial charge in [-0.15, -0.1) is 0 Å². The van der Waals surface area contributed by atoms with Crippen LogP contribution in [0.25, 0.3) is 0 Å². The standard InChI is InChI=1S/C10H16N4O4/c1-8-7-9(14(16)17)12-13(8)5-3-10(15)11-4-6-18-2/h7H,3-6H2,1-2H3,(H,11,15). The lowest BCUT2D eigenvalue weighted by Gasteiger charge is -2.03. The second-order valence-electron chi connectivity index (χ2n) is 3.72. The second kappa shape index (κ2) is 6.70. The summed E-state index contributed by atoms with van der Waals surface area (Å²) in [5.41, 5.74) is 0.659. The molecule has 0 atom stereocenters. The predicted octanol–water partition coefficient (Wildman–Crippen LogP) is 0.252. The largest absolute Gasteiger partial charge is 0.390 e. The van der Waals surface area contributed by atoms with E-state index in [-0.39, 0.29) is 18.1 Å². The van der Waals surface area contributed by atoms with E-state index in [4.69, 9.17) is 4.74 Å². The molecule has 8 heteroatoms. The number of nitro groups is 1. The van der Waals surface area contributed by atoms with Gasteiger partial charge in [0, 0.05) is 20.1 Å². The lowest BCUT2D eigenvalue weighted by Crippen LogP contribution is -2.27. The molecule has 0 saturated carbocycles. The molecule has 100 valence electrons. The molecule has 0 aliphatic rings. The predicted molar refractivity (Wildman–Crippen MR) is 63.1 cm³/mol. The van der Waals surface area contributed by atoms with Crippen molar-refractivity contribution in [2.45, 2.75) is 19.9 Å². The number of carbonyl (C=O) groups is 1. The summed E-state index contributed by atoms with van der Waals surface area (Å²) in [6.45, 7) is 2.94. The van der Waals surface area contributed by atoms with E-state index in [1.165, 1.54) is 10.7 Å². The number of amides is 1. The van der Waals surface area contributed by atoms with E-state index in [9.17, 15) is 14.9 Å². The van der Waals surface area contributed by atoms with Crippen molar-refractivity contribution in [2.75, 3.05) is 20.3 Å². The van der Waals surface area contributed by atoms with Crippen molar-refractivity contribution in [2.24, 2.45) is 0 Å². The first-order valence-corrected chi connectivity index (χ1v) is 5.49. The van der Waals surface area contributed by atoms with Gasteiger partial charge >= 0.3 is 5.82 Å². The lowest BCUT2D eigenvalue weighted by atomic mass is 10.4. The number of aryl methyl sites for hydroxylation is 2. The summed E-state index contributed by atoms with van der Waals surface area (Å²) in [5, 5.41) is 17.0. The Labute approximate surface area is 104 Å². The smallest absolute Gasteiger partial charge is 0.383 e. The highest BCUT2D eigenvalue weighted by molar-refractivity contribution is 5.75. The molecule has 18 heavy (non-hydrogen) atoms. The zero-order chi connectivity index (χ0) is 13.5. The number of carbonyl (C=O) groups excluding carboxylic acids is 1. The van der Waals surface area contributed by atoms with Crippen LogP contribution >= 0.6 is 0 Å². The Morgan fingerprint density at radius 1 is 1.67 bits per heavy atom. The van der Waals surface area contributed by atoms with E-state index >= 15 is 0 Å². The number of rotatable bonds is 7. The molecule has 0 saturated heterocycles. The molecule has 0 unspecified atom stereocenters. The Morgan fingerprint density at radius 2 is 2.39 bits per heavy atom. The molecule has 1 heterocycles. The molecule has 0 bridgehead atoms. The van der Waals surface area contributed by atoms with Crippen molar-refractivity contribution in [1.29, 1.82) is 0 Å². The van der Waals surface area contributed by atoms with Crippen molar-refractivity contribution in [3.63, 3.8) is 0 Å². The molecule has 1 aromatic rings. The number of hydrogen-bond donors (Lipinski definition) is 1. The Bertz CT molecular complexity index is 430. The van der Waals surface area contributed by atoms with Crippen LogP contribution in [0.5, 0.6) is 0 Å². The fourth-order valence-corrected chi connectivity index (χ4v) is 1.40. The molecule has 0 aliphatic carbocycles. The summed E-state index contributed by atoms with van der Waals surface area (Å²) in [6.07, 6.45) is 0.226. The normalized spacial score (nSPS) is 10.3. The van der Waals surface area contributed by atoms with Crippen LogP contribution in [0.4, 0.5) is 5.82 Å². The van der Waals surface area contributed by atoms with Crippen molar-refractivity contribution < 1.29 is 14.5 Å². The van der Waals surface area contributed by atoms with Gasteiger partial charge in [0.15, 0.2) is 0 Å². The highest BCUT2D eigenvalue weighted by Crippen LogP contribution is 2.11. The maximum atomic E-state index is 11.4. The zero-order valence-electron chi connectivity index (χ0n) is 10.4. The SMILES string of the molecule is COCCNC(=O)CCn1nc([N+](=O)[O-])cc1C. The summed E-state index contributed by atoms with van der Waals surface area (Å²) >= 11 is 0. The average Bonchev–Trinajstić information content (AvgIpc) is 2.69. The van der Waals surface area contributed by atoms with Crippen molar-refractivity contribution >= 4 is 11.7 Å². The molecule has 0 fully saturated rings. The van der Waals surface area contributed by atoms with Crippen LogP contribution in [-0.4, -0.2) is 40.9 Å². The van der Waals surface area contributed by atoms with Crippen LogP contribution in [-0.2, 0) is 16.1 Å². The Hall–Kier alpha value is -1.96. The molecule has 0 spiro atoms. The molecule has 0 aromatic carbocycles. The Kier molecular flexibility index (Phi) is 5.25. The summed E-state index contributed by atoms with van der Waals surface area (Å²) in [6, 6.07) is 1.38. The van der Waals surface area contributed by atoms with Gasteiger partial charge in [-0.25, -0.2) is 0 Å². The van der Waals surface area contributed by atoms with Gasteiger partial charge in [0.25, 0.3) is 0 Å². The molecule has 1 aromatic heterocycles. The van der Waals surface area contributed by atoms with Crippen LogP contribution < -0.4 is 5.32 Å². The molecule has 8 nitrogen and oxygen atoms in total. The van der Waals surface area contributed by atoms with Crippen LogP contribution in [0.1, 0.15) is 12.1 Å². The van der Waals surface area contributed by atoms with E-state index in [0.717, 1.165) is 0 Å². The Morgan fingerprint density at radius 3 is 2.94 bits per heavy atom. The number of nitrogens with one attached hydrogen (secondary N) is 1. The lowest BCUT2D eigenvalue weighted by molar-refractivity contribution is -0.389. The van der Waals surface area contributed by atoms with Gasteiger partial charge in [-0.05, 0) is 11.8 Å². The zero-order valence-corrected chi connectivity index (χ0v) is 10.4. The van der Waals surface area contributed by atoms with Gasteiger partial charge in [-0.3, -0.25) is 4.79 Å². The summed E-state index contributed by atoms with van der Waals surface area (Å²) in [7, 11) is 1.55. The van der Waals surface area contributed by atoms with E-state index in [2.05, 4.69) is 10.4 Å². The minimum absolute atomic E-state index is 0.135. The van der Waals surface area contributed by atoms with Gasteiger partial charge in [0.1, 0.15) is 0 Å². The summed E-state index contributed by atoms with van der Waals surface area (Å²) in [5.74, 6) is -0.336. The topological polar surface area (TPSA) is 99.3 Å². The van der Waals surface area contributed by atoms with E-state index in [1.807, 2.05) is 0 Å². The maximum absolute atomic E-state index is 11.4. The maximum Gasteiger partial charge on any atom is 0.390 e. The minimum Gasteiger partial charge on any atom is -0.383 e. The number of methoxy groups -OCH3 is 1. The van der Waals surface area contributed by atoms with Gasteiger partial charge < -0.3 is 20.2 Å². The second-order valence-corrected chi connectivity index (χ2v) is 3.72. The third kappa shape index (κ3) is 4.13.